The van der Waals surface area contributed by atoms with E-state index in [2.05, 4.69) is 36.6 Å². The molecule has 0 radical (unpaired) electrons. The maximum atomic E-state index is 11.3. The summed E-state index contributed by atoms with van der Waals surface area (Å²) in [6.45, 7) is 13.2. The van der Waals surface area contributed by atoms with Crippen molar-refractivity contribution in [2.45, 2.75) is 46.0 Å². The Kier molecular flexibility index (Phi) is 10.2. The number of aromatic nitrogens is 1. The third-order valence-corrected chi connectivity index (χ3v) is 7.08. The Labute approximate surface area is 226 Å². The zero-order chi connectivity index (χ0) is 27.7. The lowest BCUT2D eigenvalue weighted by Crippen LogP contribution is -2.37. The van der Waals surface area contributed by atoms with E-state index in [1.165, 1.54) is 11.3 Å². The fourth-order valence-corrected chi connectivity index (χ4v) is 4.68. The molecule has 0 unspecified atom stereocenters. The molecule has 0 saturated carbocycles. The topological polar surface area (TPSA) is 80.5 Å². The van der Waals surface area contributed by atoms with E-state index >= 15 is 0 Å². The summed E-state index contributed by atoms with van der Waals surface area (Å²) < 4.78 is 0. The highest BCUT2D eigenvalue weighted by atomic mass is 16.4. The van der Waals surface area contributed by atoms with Gasteiger partial charge in [-0.1, -0.05) is 37.8 Å². The second-order valence-corrected chi connectivity index (χ2v) is 9.85. The zero-order valence-electron chi connectivity index (χ0n) is 22.9. The molecule has 2 heterocycles. The summed E-state index contributed by atoms with van der Waals surface area (Å²) in [4.78, 5) is 20.4. The van der Waals surface area contributed by atoms with Gasteiger partial charge in [0.05, 0.1) is 17.2 Å². The second-order valence-electron chi connectivity index (χ2n) is 9.85. The number of carboxylic acids is 1. The average molecular weight is 511 g/mol. The molecule has 0 spiro atoms. The van der Waals surface area contributed by atoms with Crippen molar-refractivity contribution >= 4 is 11.7 Å². The summed E-state index contributed by atoms with van der Waals surface area (Å²) in [5.74, 6) is -0.385. The molecule has 0 bridgehead atoms. The number of hydrogen-bond donors (Lipinski definition) is 1. The van der Waals surface area contributed by atoms with Gasteiger partial charge in [0.15, 0.2) is 0 Å². The molecular weight excluding hydrogens is 472 g/mol. The molecule has 1 N–H and O–H groups in total. The lowest BCUT2D eigenvalue weighted by Gasteiger charge is -2.34. The molecule has 1 aromatic heterocycles. The van der Waals surface area contributed by atoms with Crippen molar-refractivity contribution in [2.24, 2.45) is 0 Å². The number of carboxylic acid groups (broad SMARTS) is 1. The van der Waals surface area contributed by atoms with Crippen LogP contribution in [-0.2, 0) is 6.42 Å². The van der Waals surface area contributed by atoms with Crippen LogP contribution < -0.4 is 4.90 Å². The minimum atomic E-state index is -0.910. The van der Waals surface area contributed by atoms with Gasteiger partial charge in [0.2, 0.25) is 0 Å². The monoisotopic (exact) mass is 510 g/mol. The van der Waals surface area contributed by atoms with Crippen molar-refractivity contribution in [1.29, 1.82) is 5.26 Å². The molecule has 1 aliphatic rings. The van der Waals surface area contributed by atoms with Crippen LogP contribution in [0.1, 0.15) is 64.1 Å². The molecule has 38 heavy (non-hydrogen) atoms. The Morgan fingerprint density at radius 3 is 2.47 bits per heavy atom. The Hall–Kier alpha value is -3.95. The summed E-state index contributed by atoms with van der Waals surface area (Å²) in [7, 11) is 1.96. The number of piperidine rings is 1. The van der Waals surface area contributed by atoms with Gasteiger partial charge in [-0.3, -0.25) is 9.88 Å². The minimum absolute atomic E-state index is 0.298. The van der Waals surface area contributed by atoms with E-state index in [1.54, 1.807) is 12.1 Å². The highest BCUT2D eigenvalue weighted by molar-refractivity contribution is 5.89. The van der Waals surface area contributed by atoms with E-state index in [-0.39, 0.29) is 0 Å². The van der Waals surface area contributed by atoms with E-state index < -0.39 is 5.97 Å². The molecule has 198 valence electrons. The molecule has 1 fully saturated rings. The first kappa shape index (κ1) is 28.6. The quantitative estimate of drug-likeness (QED) is 0.399. The number of nitrogens with zero attached hydrogens (tertiary/aromatic N) is 4. The van der Waals surface area contributed by atoms with Crippen molar-refractivity contribution in [3.05, 3.63) is 107 Å². The number of likely N-dealkylation sites (N-methyl/N-ethyl adjacent to an activating group) is 1. The lowest BCUT2D eigenvalue weighted by atomic mass is 9.93. The highest BCUT2D eigenvalue weighted by Gasteiger charge is 2.23. The molecule has 1 saturated heterocycles. The van der Waals surface area contributed by atoms with Crippen molar-refractivity contribution < 1.29 is 9.90 Å². The van der Waals surface area contributed by atoms with Crippen LogP contribution in [0.4, 0.5) is 5.69 Å². The Bertz CT molecular complexity index is 1300. The average Bonchev–Trinajstić information content (AvgIpc) is 2.93. The number of hydrogen-bond acceptors (Lipinski definition) is 5. The largest absolute Gasteiger partial charge is 0.478 e. The summed E-state index contributed by atoms with van der Waals surface area (Å²) in [5.41, 5.74) is 7.45. The molecule has 2 aromatic carbocycles. The van der Waals surface area contributed by atoms with Crippen molar-refractivity contribution in [3.63, 3.8) is 0 Å². The van der Waals surface area contributed by atoms with Gasteiger partial charge >= 0.3 is 5.97 Å². The number of carbonyl (C=O) groups is 1. The van der Waals surface area contributed by atoms with Crippen LogP contribution in [-0.4, -0.2) is 47.6 Å². The second kappa shape index (κ2) is 13.6. The van der Waals surface area contributed by atoms with Crippen LogP contribution >= 0.6 is 0 Å². The zero-order valence-corrected chi connectivity index (χ0v) is 22.9. The number of pyridine rings is 1. The minimum Gasteiger partial charge on any atom is -0.478 e. The molecule has 0 atom stereocenters. The van der Waals surface area contributed by atoms with Gasteiger partial charge in [0.1, 0.15) is 0 Å². The predicted octanol–water partition coefficient (Wildman–Crippen LogP) is 6.35. The maximum absolute atomic E-state index is 11.3. The van der Waals surface area contributed by atoms with Crippen LogP contribution in [0, 0.1) is 25.2 Å². The first-order valence-corrected chi connectivity index (χ1v) is 13.1. The van der Waals surface area contributed by atoms with E-state index in [1.807, 2.05) is 62.2 Å². The van der Waals surface area contributed by atoms with Crippen molar-refractivity contribution in [3.8, 4) is 6.07 Å². The van der Waals surface area contributed by atoms with Gasteiger partial charge in [-0.2, -0.15) is 5.26 Å². The number of aromatic carboxylic acids is 1. The third kappa shape index (κ3) is 7.77. The van der Waals surface area contributed by atoms with Crippen LogP contribution in [0.25, 0.3) is 0 Å². The number of rotatable bonds is 7. The van der Waals surface area contributed by atoms with Gasteiger partial charge in [-0.15, -0.1) is 0 Å². The SMILES string of the molecule is C=C(CN1CCC(c2cccc(C)n2)CC1)N(C)c1cc(C(=O)O)ccc1C.CCc1cccc(C#N)c1. The standard InChI is InChI=1S/C23H29N3O2.C9H9N/c1-16-8-9-20(23(27)28)14-22(16)25(4)18(3)15-26-12-10-19(11-13-26)21-7-5-6-17(2)24-21;1-2-8-4-3-5-9(6-8)7-10/h5-9,14,19H,3,10-13,15H2,1-2,4H3,(H,27,28);3-6H,2H2,1H3. The van der Waals surface area contributed by atoms with E-state index in [0.717, 1.165) is 67.1 Å². The first-order chi connectivity index (χ1) is 18.2. The first-order valence-electron chi connectivity index (χ1n) is 13.1. The Morgan fingerprint density at radius 2 is 1.84 bits per heavy atom. The van der Waals surface area contributed by atoms with Gasteiger partial charge < -0.3 is 10.0 Å². The highest BCUT2D eigenvalue weighted by Crippen LogP contribution is 2.28. The molecule has 6 heteroatoms. The Balaban J connectivity index is 0.000000336. The van der Waals surface area contributed by atoms with E-state index in [0.29, 0.717) is 11.5 Å². The summed E-state index contributed by atoms with van der Waals surface area (Å²) in [6, 6.07) is 21.3. The van der Waals surface area contributed by atoms with Gasteiger partial charge in [-0.25, -0.2) is 4.79 Å². The van der Waals surface area contributed by atoms with Gasteiger partial charge in [0, 0.05) is 42.3 Å². The summed E-state index contributed by atoms with van der Waals surface area (Å²) in [5, 5.41) is 17.8. The van der Waals surface area contributed by atoms with Crippen molar-refractivity contribution in [2.75, 3.05) is 31.6 Å². The third-order valence-electron chi connectivity index (χ3n) is 7.08. The Morgan fingerprint density at radius 1 is 1.13 bits per heavy atom. The molecule has 1 aliphatic heterocycles. The predicted molar refractivity (Wildman–Crippen MR) is 154 cm³/mol. The number of aryl methyl sites for hydroxylation is 3. The lowest BCUT2D eigenvalue weighted by molar-refractivity contribution is 0.0697. The molecule has 3 aromatic rings. The molecule has 0 amide bonds. The number of benzene rings is 2. The smallest absolute Gasteiger partial charge is 0.335 e. The molecule has 0 aliphatic carbocycles. The number of anilines is 1. The summed E-state index contributed by atoms with van der Waals surface area (Å²) in [6.07, 6.45) is 3.19. The van der Waals surface area contributed by atoms with Crippen LogP contribution in [0.15, 0.2) is 72.9 Å². The molecule has 6 nitrogen and oxygen atoms in total. The fraction of sp³-hybridized carbons (Fsp3) is 0.344. The van der Waals surface area contributed by atoms with Crippen LogP contribution in [0.2, 0.25) is 0 Å². The molecule has 4 rings (SSSR count). The summed E-state index contributed by atoms with van der Waals surface area (Å²) >= 11 is 0. The van der Waals surface area contributed by atoms with Gasteiger partial charge in [-0.05, 0) is 93.7 Å². The number of likely N-dealkylation sites (tertiary alicyclic amines) is 1. The molecular formula is C32H38N4O2. The van der Waals surface area contributed by atoms with E-state index in [9.17, 15) is 9.90 Å². The number of nitriles is 1. The normalized spacial score (nSPS) is 13.7. The van der Waals surface area contributed by atoms with E-state index in [4.69, 9.17) is 10.2 Å². The van der Waals surface area contributed by atoms with Crippen molar-refractivity contribution in [1.82, 2.24) is 9.88 Å². The van der Waals surface area contributed by atoms with Crippen LogP contribution in [0.3, 0.4) is 0 Å². The van der Waals surface area contributed by atoms with Gasteiger partial charge in [0.25, 0.3) is 0 Å². The van der Waals surface area contributed by atoms with Crippen LogP contribution in [0.5, 0.6) is 0 Å². The fourth-order valence-electron chi connectivity index (χ4n) is 4.68. The maximum Gasteiger partial charge on any atom is 0.335 e.